The zero-order valence-electron chi connectivity index (χ0n) is 11.6. The first kappa shape index (κ1) is 16.3. The van der Waals surface area contributed by atoms with Crippen LogP contribution in [0.25, 0.3) is 0 Å². The Morgan fingerprint density at radius 1 is 1.41 bits per heavy atom. The first-order valence-electron chi connectivity index (χ1n) is 6.37. The van der Waals surface area contributed by atoms with Crippen molar-refractivity contribution in [2.75, 3.05) is 0 Å². The fourth-order valence-corrected chi connectivity index (χ4v) is 2.25. The summed E-state index contributed by atoms with van der Waals surface area (Å²) in [5, 5.41) is 5.04. The number of hydrogen-bond donors (Lipinski definition) is 1. The molecule has 1 amide bonds. The molecule has 8 heteroatoms. The number of benzene rings is 1. The predicted octanol–water partition coefficient (Wildman–Crippen LogP) is 3.25. The summed E-state index contributed by atoms with van der Waals surface area (Å²) < 4.78 is 43.7. The van der Waals surface area contributed by atoms with Gasteiger partial charge in [-0.2, -0.15) is 13.2 Å². The van der Waals surface area contributed by atoms with Gasteiger partial charge in [-0.25, -0.2) is 4.98 Å². The molecule has 1 aromatic heterocycles. The monoisotopic (exact) mass is 330 g/mol. The summed E-state index contributed by atoms with van der Waals surface area (Å²) in [7, 11) is 0. The van der Waals surface area contributed by atoms with E-state index in [1.54, 1.807) is 11.6 Å². The van der Waals surface area contributed by atoms with E-state index >= 15 is 0 Å². The number of rotatable bonds is 5. The van der Waals surface area contributed by atoms with Crippen LogP contribution in [-0.4, -0.2) is 17.0 Å². The van der Waals surface area contributed by atoms with Crippen LogP contribution in [0, 0.1) is 0 Å². The highest BCUT2D eigenvalue weighted by Crippen LogP contribution is 2.36. The largest absolute Gasteiger partial charge is 0.480 e. The van der Waals surface area contributed by atoms with Crippen LogP contribution in [0.15, 0.2) is 35.8 Å². The smallest absolute Gasteiger partial charge is 0.419 e. The average Bonchev–Trinajstić information content (AvgIpc) is 2.97. The van der Waals surface area contributed by atoms with Crippen molar-refractivity contribution in [1.82, 2.24) is 10.3 Å². The molecule has 22 heavy (non-hydrogen) atoms. The third-order valence-corrected chi connectivity index (χ3v) is 3.54. The van der Waals surface area contributed by atoms with Gasteiger partial charge in [0, 0.05) is 11.6 Å². The first-order valence-corrected chi connectivity index (χ1v) is 7.25. The molecule has 0 bridgehead atoms. The van der Waals surface area contributed by atoms with Crippen molar-refractivity contribution < 1.29 is 22.7 Å². The molecule has 0 unspecified atom stereocenters. The molecule has 1 atom stereocenters. The average molecular weight is 330 g/mol. The van der Waals surface area contributed by atoms with E-state index in [0.29, 0.717) is 5.01 Å². The zero-order chi connectivity index (χ0) is 16.2. The van der Waals surface area contributed by atoms with Crippen molar-refractivity contribution in [2.45, 2.75) is 25.7 Å². The molecule has 1 heterocycles. The highest BCUT2D eigenvalue weighted by molar-refractivity contribution is 7.09. The van der Waals surface area contributed by atoms with Crippen LogP contribution in [-0.2, 0) is 17.5 Å². The number of amides is 1. The number of nitrogens with zero attached hydrogens (tertiary/aromatic N) is 1. The van der Waals surface area contributed by atoms with Crippen LogP contribution >= 0.6 is 11.3 Å². The Kier molecular flexibility index (Phi) is 5.02. The van der Waals surface area contributed by atoms with Crippen LogP contribution in [0.3, 0.4) is 0 Å². The lowest BCUT2D eigenvalue weighted by Gasteiger charge is -2.18. The minimum Gasteiger partial charge on any atom is -0.480 e. The molecule has 0 aliphatic heterocycles. The molecule has 0 spiro atoms. The second kappa shape index (κ2) is 6.78. The molecule has 0 saturated heterocycles. The second-order valence-electron chi connectivity index (χ2n) is 4.40. The van der Waals surface area contributed by atoms with E-state index in [1.807, 2.05) is 0 Å². The number of para-hydroxylation sites is 1. The Morgan fingerprint density at radius 2 is 2.14 bits per heavy atom. The van der Waals surface area contributed by atoms with Crippen LogP contribution < -0.4 is 10.1 Å². The highest BCUT2D eigenvalue weighted by atomic mass is 32.1. The van der Waals surface area contributed by atoms with Crippen LogP contribution in [0.4, 0.5) is 13.2 Å². The summed E-state index contributed by atoms with van der Waals surface area (Å²) in [6, 6.07) is 4.79. The van der Waals surface area contributed by atoms with Crippen molar-refractivity contribution >= 4 is 17.2 Å². The fourth-order valence-electron chi connectivity index (χ4n) is 1.69. The van der Waals surface area contributed by atoms with Gasteiger partial charge in [0.15, 0.2) is 6.10 Å². The summed E-state index contributed by atoms with van der Waals surface area (Å²) in [4.78, 5) is 15.9. The van der Waals surface area contributed by atoms with Gasteiger partial charge in [-0.05, 0) is 19.1 Å². The number of carbonyl (C=O) groups is 1. The Bertz CT molecular complexity index is 629. The van der Waals surface area contributed by atoms with Gasteiger partial charge in [-0.3, -0.25) is 4.79 Å². The Morgan fingerprint density at radius 3 is 2.77 bits per heavy atom. The van der Waals surface area contributed by atoms with Crippen LogP contribution in [0.5, 0.6) is 5.75 Å². The summed E-state index contributed by atoms with van der Waals surface area (Å²) in [5.74, 6) is -0.876. The van der Waals surface area contributed by atoms with Crippen LogP contribution in [0.2, 0.25) is 0 Å². The summed E-state index contributed by atoms with van der Waals surface area (Å²) in [6.45, 7) is 1.61. The molecule has 0 fully saturated rings. The van der Waals surface area contributed by atoms with E-state index in [4.69, 9.17) is 4.74 Å². The molecule has 1 aromatic carbocycles. The van der Waals surface area contributed by atoms with Crippen molar-refractivity contribution in [3.8, 4) is 5.75 Å². The Hall–Kier alpha value is -2.09. The number of aromatic nitrogens is 1. The molecule has 118 valence electrons. The quantitative estimate of drug-likeness (QED) is 0.916. The Balaban J connectivity index is 1.99. The number of thiazole rings is 1. The minimum atomic E-state index is -4.53. The van der Waals surface area contributed by atoms with Crippen molar-refractivity contribution in [2.24, 2.45) is 0 Å². The SMILES string of the molecule is C[C@@H](Oc1ccccc1C(F)(F)F)C(=O)NCc1nccs1. The zero-order valence-corrected chi connectivity index (χ0v) is 12.4. The van der Waals surface area contributed by atoms with Gasteiger partial charge in [0.2, 0.25) is 0 Å². The Labute approximate surface area is 128 Å². The molecule has 0 radical (unpaired) electrons. The van der Waals surface area contributed by atoms with E-state index < -0.39 is 23.8 Å². The lowest BCUT2D eigenvalue weighted by molar-refractivity contribution is -0.140. The summed E-state index contributed by atoms with van der Waals surface area (Å²) in [5.41, 5.74) is -0.908. The molecular weight excluding hydrogens is 317 g/mol. The molecule has 0 saturated carbocycles. The van der Waals surface area contributed by atoms with Crippen molar-refractivity contribution in [1.29, 1.82) is 0 Å². The van der Waals surface area contributed by atoms with E-state index in [0.717, 1.165) is 6.07 Å². The van der Waals surface area contributed by atoms with Crippen molar-refractivity contribution in [3.05, 3.63) is 46.4 Å². The minimum absolute atomic E-state index is 0.213. The van der Waals surface area contributed by atoms with Gasteiger partial charge >= 0.3 is 6.18 Å². The lowest BCUT2D eigenvalue weighted by Crippen LogP contribution is -2.36. The third-order valence-electron chi connectivity index (χ3n) is 2.76. The maximum atomic E-state index is 12.8. The van der Waals surface area contributed by atoms with E-state index in [-0.39, 0.29) is 12.3 Å². The number of halogens is 3. The van der Waals surface area contributed by atoms with Crippen LogP contribution in [0.1, 0.15) is 17.5 Å². The van der Waals surface area contributed by atoms with Gasteiger partial charge in [0.1, 0.15) is 10.8 Å². The van der Waals surface area contributed by atoms with E-state index in [1.165, 1.54) is 36.5 Å². The number of nitrogens with one attached hydrogen (secondary N) is 1. The second-order valence-corrected chi connectivity index (χ2v) is 5.38. The number of carbonyl (C=O) groups excluding carboxylic acids is 1. The van der Waals surface area contributed by atoms with Crippen molar-refractivity contribution in [3.63, 3.8) is 0 Å². The standard InChI is InChI=1S/C14H13F3N2O2S/c1-9(13(20)19-8-12-18-6-7-22-12)21-11-5-3-2-4-10(11)14(15,16)17/h2-7,9H,8H2,1H3,(H,19,20)/t9-/m1/s1. The molecule has 0 aliphatic carbocycles. The summed E-state index contributed by atoms with van der Waals surface area (Å²) >= 11 is 1.37. The summed E-state index contributed by atoms with van der Waals surface area (Å²) in [6.07, 6.45) is -3.98. The fraction of sp³-hybridized carbons (Fsp3) is 0.286. The number of hydrogen-bond acceptors (Lipinski definition) is 4. The predicted molar refractivity (Wildman–Crippen MR) is 75.5 cm³/mol. The lowest BCUT2D eigenvalue weighted by atomic mass is 10.2. The van der Waals surface area contributed by atoms with E-state index in [9.17, 15) is 18.0 Å². The van der Waals surface area contributed by atoms with E-state index in [2.05, 4.69) is 10.3 Å². The molecular formula is C14H13F3N2O2S. The van der Waals surface area contributed by atoms with Gasteiger partial charge in [0.25, 0.3) is 5.91 Å². The molecule has 4 nitrogen and oxygen atoms in total. The highest BCUT2D eigenvalue weighted by Gasteiger charge is 2.34. The topological polar surface area (TPSA) is 51.2 Å². The molecule has 0 aliphatic rings. The molecule has 1 N–H and O–H groups in total. The number of alkyl halides is 3. The number of ether oxygens (including phenoxy) is 1. The third kappa shape index (κ3) is 4.20. The van der Waals surface area contributed by atoms with Gasteiger partial charge in [-0.1, -0.05) is 12.1 Å². The van der Waals surface area contributed by atoms with Gasteiger partial charge < -0.3 is 10.1 Å². The molecule has 2 aromatic rings. The molecule has 2 rings (SSSR count). The first-order chi connectivity index (χ1) is 10.4. The maximum absolute atomic E-state index is 12.8. The van der Waals surface area contributed by atoms with Gasteiger partial charge in [0.05, 0.1) is 12.1 Å². The maximum Gasteiger partial charge on any atom is 0.419 e. The van der Waals surface area contributed by atoms with Gasteiger partial charge in [-0.15, -0.1) is 11.3 Å². The normalized spacial score (nSPS) is 12.7.